The molecule has 12 heteroatoms. The van der Waals surface area contributed by atoms with Crippen molar-refractivity contribution in [1.29, 1.82) is 0 Å². The molecule has 1 heterocycles. The molecule has 37 heavy (non-hydrogen) atoms. The number of carbonyl (C=O) groups is 3. The maximum Gasteiger partial charge on any atom is 0.339 e. The fraction of sp³-hybridized carbons (Fsp3) is 0.0800. The molecule has 0 aromatic heterocycles. The van der Waals surface area contributed by atoms with Crippen molar-refractivity contribution in [2.24, 2.45) is 0 Å². The molecule has 0 bridgehead atoms. The van der Waals surface area contributed by atoms with E-state index in [1.54, 1.807) is 18.2 Å². The van der Waals surface area contributed by atoms with Gasteiger partial charge in [-0.25, -0.2) is 9.69 Å². The highest BCUT2D eigenvalue weighted by Gasteiger charge is 2.37. The first kappa shape index (κ1) is 26.2. The number of hydrogen-bond acceptors (Lipinski definition) is 7. The van der Waals surface area contributed by atoms with Crippen LogP contribution in [0.5, 0.6) is 11.5 Å². The van der Waals surface area contributed by atoms with Crippen LogP contribution < -0.4 is 19.1 Å². The molecule has 1 aliphatic heterocycles. The summed E-state index contributed by atoms with van der Waals surface area (Å²) in [7, 11) is -4.33. The number of benzene rings is 3. The van der Waals surface area contributed by atoms with Gasteiger partial charge >= 0.3 is 16.1 Å². The summed E-state index contributed by atoms with van der Waals surface area (Å²) < 4.78 is 36.3. The first-order chi connectivity index (χ1) is 17.6. The summed E-state index contributed by atoms with van der Waals surface area (Å²) in [6.45, 7) is 2.24. The van der Waals surface area contributed by atoms with Gasteiger partial charge in [0.2, 0.25) is 0 Å². The molecule has 0 atom stereocenters. The number of amides is 4. The second-order valence-corrected chi connectivity index (χ2v) is 9.93. The molecule has 0 radical (unpaired) electrons. The van der Waals surface area contributed by atoms with E-state index in [0.717, 1.165) is 11.0 Å². The van der Waals surface area contributed by atoms with Crippen LogP contribution in [0, 0.1) is 0 Å². The first-order valence-corrected chi connectivity index (χ1v) is 12.9. The minimum absolute atomic E-state index is 0.0727. The van der Waals surface area contributed by atoms with Gasteiger partial charge in [-0.1, -0.05) is 41.4 Å². The lowest BCUT2D eigenvalue weighted by molar-refractivity contribution is -0.122. The third-order valence-corrected chi connectivity index (χ3v) is 6.80. The molecule has 0 aliphatic carbocycles. The molecular weight excluding hydrogens is 543 g/mol. The minimum Gasteiger partial charge on any atom is -0.494 e. The zero-order valence-electron chi connectivity index (χ0n) is 19.1. The largest absolute Gasteiger partial charge is 0.494 e. The smallest absolute Gasteiger partial charge is 0.339 e. The molecular formula is C25H18Cl2N2O7S. The van der Waals surface area contributed by atoms with Crippen molar-refractivity contribution < 1.29 is 31.7 Å². The summed E-state index contributed by atoms with van der Waals surface area (Å²) in [6, 6.07) is 15.0. The Kier molecular flexibility index (Phi) is 7.53. The highest BCUT2D eigenvalue weighted by Crippen LogP contribution is 2.36. The van der Waals surface area contributed by atoms with Crippen LogP contribution in [0.2, 0.25) is 10.0 Å². The Labute approximate surface area is 222 Å². The number of carbonyl (C=O) groups excluding carboxylic acids is 3. The number of nitrogens with one attached hydrogen (secondary N) is 1. The predicted octanol–water partition coefficient (Wildman–Crippen LogP) is 4.83. The lowest BCUT2D eigenvalue weighted by Crippen LogP contribution is -2.54. The second kappa shape index (κ2) is 10.6. The maximum absolute atomic E-state index is 13.3. The van der Waals surface area contributed by atoms with Crippen LogP contribution in [0.3, 0.4) is 0 Å². The summed E-state index contributed by atoms with van der Waals surface area (Å²) in [4.78, 5) is 39.0. The van der Waals surface area contributed by atoms with Crippen LogP contribution in [0.15, 0.2) is 77.2 Å². The lowest BCUT2D eigenvalue weighted by Gasteiger charge is -2.26. The number of barbiturate groups is 1. The summed E-state index contributed by atoms with van der Waals surface area (Å²) in [5.41, 5.74) is -0.373. The lowest BCUT2D eigenvalue weighted by atomic mass is 10.1. The molecule has 1 aliphatic rings. The number of hydrogen-bond donors (Lipinski definition) is 1. The first-order valence-electron chi connectivity index (χ1n) is 10.7. The molecule has 4 rings (SSSR count). The summed E-state index contributed by atoms with van der Waals surface area (Å²) in [5, 5.41) is 2.00. The molecule has 0 unspecified atom stereocenters. The Balaban J connectivity index is 1.75. The summed E-state index contributed by atoms with van der Waals surface area (Å²) in [6.07, 6.45) is 1.05. The Morgan fingerprint density at radius 2 is 1.65 bits per heavy atom. The molecule has 1 saturated heterocycles. The zero-order chi connectivity index (χ0) is 26.7. The standard InChI is InChI=1S/C25H18Cl2N2O7S/c1-2-35-18-10-8-17(9-11-18)29-24(31)20(23(30)28-25(29)32)13-15-12-16(26)14-21(27)22(15)36-37(33,34)19-6-4-3-5-7-19/h3-14H,2H2,1H3,(H,28,30,32)/b20-13+. The molecule has 190 valence electrons. The van der Waals surface area contributed by atoms with Gasteiger partial charge in [-0.15, -0.1) is 0 Å². The van der Waals surface area contributed by atoms with Crippen molar-refractivity contribution in [3.63, 3.8) is 0 Å². The van der Waals surface area contributed by atoms with E-state index in [0.29, 0.717) is 12.4 Å². The van der Waals surface area contributed by atoms with E-state index in [1.165, 1.54) is 48.5 Å². The molecule has 1 fully saturated rings. The molecule has 0 spiro atoms. The van der Waals surface area contributed by atoms with Crippen molar-refractivity contribution in [2.45, 2.75) is 11.8 Å². The topological polar surface area (TPSA) is 119 Å². The second-order valence-electron chi connectivity index (χ2n) is 7.54. The van der Waals surface area contributed by atoms with E-state index in [2.05, 4.69) is 5.32 Å². The maximum atomic E-state index is 13.3. The van der Waals surface area contributed by atoms with Crippen LogP contribution in [0.1, 0.15) is 12.5 Å². The van der Waals surface area contributed by atoms with Gasteiger partial charge in [0.1, 0.15) is 16.2 Å². The van der Waals surface area contributed by atoms with Crippen LogP contribution in [-0.2, 0) is 19.7 Å². The van der Waals surface area contributed by atoms with Gasteiger partial charge in [-0.05, 0) is 61.5 Å². The van der Waals surface area contributed by atoms with Crippen LogP contribution in [0.4, 0.5) is 10.5 Å². The number of urea groups is 1. The minimum atomic E-state index is -4.33. The van der Waals surface area contributed by atoms with Crippen molar-refractivity contribution >= 4 is 62.9 Å². The summed E-state index contributed by atoms with van der Waals surface area (Å²) in [5.74, 6) is -1.78. The van der Waals surface area contributed by atoms with Crippen molar-refractivity contribution in [3.8, 4) is 11.5 Å². The van der Waals surface area contributed by atoms with E-state index >= 15 is 0 Å². The molecule has 9 nitrogen and oxygen atoms in total. The normalized spacial score (nSPS) is 15.1. The van der Waals surface area contributed by atoms with Gasteiger partial charge in [-0.2, -0.15) is 8.42 Å². The number of anilines is 1. The van der Waals surface area contributed by atoms with E-state index in [9.17, 15) is 22.8 Å². The van der Waals surface area contributed by atoms with E-state index in [4.69, 9.17) is 32.1 Å². The highest BCUT2D eigenvalue weighted by molar-refractivity contribution is 7.87. The van der Waals surface area contributed by atoms with Crippen LogP contribution >= 0.6 is 23.2 Å². The third kappa shape index (κ3) is 5.61. The van der Waals surface area contributed by atoms with Gasteiger partial charge in [0, 0.05) is 10.6 Å². The molecule has 1 N–H and O–H groups in total. The van der Waals surface area contributed by atoms with Gasteiger partial charge in [0.05, 0.1) is 17.3 Å². The third-order valence-electron chi connectivity index (χ3n) is 5.07. The molecule has 3 aromatic carbocycles. The highest BCUT2D eigenvalue weighted by atomic mass is 35.5. The van der Waals surface area contributed by atoms with Gasteiger partial charge in [-0.3, -0.25) is 14.9 Å². The van der Waals surface area contributed by atoms with E-state index in [-0.39, 0.29) is 31.9 Å². The molecule has 0 saturated carbocycles. The van der Waals surface area contributed by atoms with Crippen molar-refractivity contribution in [2.75, 3.05) is 11.5 Å². The van der Waals surface area contributed by atoms with Crippen molar-refractivity contribution in [1.82, 2.24) is 5.32 Å². The van der Waals surface area contributed by atoms with E-state index < -0.39 is 33.5 Å². The monoisotopic (exact) mass is 560 g/mol. The predicted molar refractivity (Wildman–Crippen MR) is 137 cm³/mol. The number of rotatable bonds is 7. The average molecular weight is 561 g/mol. The van der Waals surface area contributed by atoms with E-state index in [1.807, 2.05) is 6.92 Å². The zero-order valence-corrected chi connectivity index (χ0v) is 21.4. The number of imide groups is 2. The fourth-order valence-electron chi connectivity index (χ4n) is 3.43. The molecule has 3 aromatic rings. The Morgan fingerprint density at radius 3 is 2.30 bits per heavy atom. The SMILES string of the molecule is CCOc1ccc(N2C(=O)NC(=O)/C(=C\c3cc(Cl)cc(Cl)c3OS(=O)(=O)c3ccccc3)C2=O)cc1. The Bertz CT molecular complexity index is 1520. The number of halogens is 2. The Morgan fingerprint density at radius 1 is 0.973 bits per heavy atom. The quantitative estimate of drug-likeness (QED) is 0.250. The van der Waals surface area contributed by atoms with Crippen molar-refractivity contribution in [3.05, 3.63) is 87.9 Å². The number of ether oxygens (including phenoxy) is 1. The molecule has 4 amide bonds. The van der Waals surface area contributed by atoms with Gasteiger partial charge in [0.15, 0.2) is 5.75 Å². The summed E-state index contributed by atoms with van der Waals surface area (Å²) >= 11 is 12.4. The Hall–Kier alpha value is -3.86. The van der Waals surface area contributed by atoms with Gasteiger partial charge < -0.3 is 8.92 Å². The number of nitrogens with zero attached hydrogens (tertiary/aromatic N) is 1. The van der Waals surface area contributed by atoms with Gasteiger partial charge in [0.25, 0.3) is 11.8 Å². The average Bonchev–Trinajstić information content (AvgIpc) is 2.85. The van der Waals surface area contributed by atoms with Crippen LogP contribution in [-0.4, -0.2) is 32.9 Å². The van der Waals surface area contributed by atoms with Crippen LogP contribution in [0.25, 0.3) is 6.08 Å². The fourth-order valence-corrected chi connectivity index (χ4v) is 5.01.